The van der Waals surface area contributed by atoms with E-state index in [9.17, 15) is 9.59 Å². The van der Waals surface area contributed by atoms with Crippen molar-refractivity contribution in [1.29, 1.82) is 0 Å². The Morgan fingerprint density at radius 1 is 1.31 bits per heavy atom. The first-order valence-electron chi connectivity index (χ1n) is 9.64. The zero-order chi connectivity index (χ0) is 20.2. The van der Waals surface area contributed by atoms with Crippen LogP contribution in [0.25, 0.3) is 0 Å². The average Bonchev–Trinajstić information content (AvgIpc) is 3.46. The van der Waals surface area contributed by atoms with Crippen molar-refractivity contribution in [2.75, 3.05) is 25.6 Å². The van der Waals surface area contributed by atoms with Crippen LogP contribution < -0.4 is 15.4 Å². The number of nitrogens with zero attached hydrogens (tertiary/aromatic N) is 2. The summed E-state index contributed by atoms with van der Waals surface area (Å²) < 4.78 is 12.3. The summed E-state index contributed by atoms with van der Waals surface area (Å²) in [6.45, 7) is 1.32. The van der Waals surface area contributed by atoms with Crippen LogP contribution in [0.3, 0.4) is 0 Å². The molecule has 1 aromatic carbocycles. The fourth-order valence-corrected chi connectivity index (χ4v) is 4.50. The number of amides is 2. The normalized spacial score (nSPS) is 17.8. The number of aromatic nitrogens is 2. The first-order valence-corrected chi connectivity index (χ1v) is 10.8. The van der Waals surface area contributed by atoms with E-state index >= 15 is 0 Å². The van der Waals surface area contributed by atoms with Gasteiger partial charge >= 0.3 is 0 Å². The highest BCUT2D eigenvalue weighted by atomic mass is 32.2. The third-order valence-electron chi connectivity index (χ3n) is 5.05. The summed E-state index contributed by atoms with van der Waals surface area (Å²) in [4.78, 5) is 25.1. The van der Waals surface area contributed by atoms with Gasteiger partial charge in [0.15, 0.2) is 0 Å². The monoisotopic (exact) mass is 416 g/mol. The minimum atomic E-state index is -0.242. The first kappa shape index (κ1) is 19.8. The third kappa shape index (κ3) is 4.56. The number of carbonyl (C=O) groups is 2. The molecule has 154 valence electrons. The molecule has 29 heavy (non-hydrogen) atoms. The van der Waals surface area contributed by atoms with Crippen molar-refractivity contribution < 1.29 is 19.1 Å². The fourth-order valence-electron chi connectivity index (χ4n) is 3.47. The van der Waals surface area contributed by atoms with Crippen LogP contribution >= 0.6 is 11.8 Å². The molecule has 1 unspecified atom stereocenters. The van der Waals surface area contributed by atoms with Crippen molar-refractivity contribution in [2.45, 2.75) is 37.0 Å². The number of ether oxygens (including phenoxy) is 2. The van der Waals surface area contributed by atoms with Gasteiger partial charge in [0.1, 0.15) is 18.1 Å². The lowest BCUT2D eigenvalue weighted by Crippen LogP contribution is -2.34. The highest BCUT2D eigenvalue weighted by Crippen LogP contribution is 2.35. The lowest BCUT2D eigenvalue weighted by atomic mass is 10.2. The molecule has 1 fully saturated rings. The van der Waals surface area contributed by atoms with Crippen molar-refractivity contribution in [3.8, 4) is 5.75 Å². The van der Waals surface area contributed by atoms with E-state index in [-0.39, 0.29) is 24.5 Å². The van der Waals surface area contributed by atoms with Gasteiger partial charge in [0.2, 0.25) is 5.91 Å². The van der Waals surface area contributed by atoms with Crippen LogP contribution in [0.15, 0.2) is 24.3 Å². The maximum absolute atomic E-state index is 12.7. The number of carbonyl (C=O) groups excluding carboxylic acids is 2. The summed E-state index contributed by atoms with van der Waals surface area (Å²) in [5.41, 5.74) is 2.43. The quantitative estimate of drug-likeness (QED) is 0.719. The Balaban J connectivity index is 1.45. The van der Waals surface area contributed by atoms with Gasteiger partial charge in [0.05, 0.1) is 18.9 Å². The zero-order valence-electron chi connectivity index (χ0n) is 16.3. The largest absolute Gasteiger partial charge is 0.497 e. The standard InChI is InChI=1S/C20H24N4O4S/c1-27-14-6-4-13(5-7-14)20(26)22-19-16-11-29-12-17(16)23-24(19)10-18(25)21-9-15-3-2-8-28-15/h4-7,15H,2-3,8-12H2,1H3,(H,21,25)(H,22,26). The Morgan fingerprint density at radius 2 is 2.14 bits per heavy atom. The van der Waals surface area contributed by atoms with Crippen molar-refractivity contribution in [1.82, 2.24) is 15.1 Å². The van der Waals surface area contributed by atoms with Crippen LogP contribution in [0.2, 0.25) is 0 Å². The number of thioether (sulfide) groups is 1. The second-order valence-corrected chi connectivity index (χ2v) is 8.03. The lowest BCUT2D eigenvalue weighted by molar-refractivity contribution is -0.122. The van der Waals surface area contributed by atoms with Crippen LogP contribution in [-0.4, -0.2) is 48.0 Å². The highest BCUT2D eigenvalue weighted by Gasteiger charge is 2.25. The Hall–Kier alpha value is -2.52. The smallest absolute Gasteiger partial charge is 0.256 e. The van der Waals surface area contributed by atoms with Crippen molar-refractivity contribution in [3.63, 3.8) is 0 Å². The van der Waals surface area contributed by atoms with Crippen LogP contribution in [-0.2, 0) is 27.6 Å². The Labute approximate surface area is 173 Å². The van der Waals surface area contributed by atoms with Crippen LogP contribution in [0, 0.1) is 0 Å². The van der Waals surface area contributed by atoms with Gasteiger partial charge in [-0.15, -0.1) is 0 Å². The summed E-state index contributed by atoms with van der Waals surface area (Å²) in [7, 11) is 1.58. The second kappa shape index (κ2) is 8.87. The number of methoxy groups -OCH3 is 1. The number of hydrogen-bond donors (Lipinski definition) is 2. The van der Waals surface area contributed by atoms with Crippen LogP contribution in [0.5, 0.6) is 5.75 Å². The van der Waals surface area contributed by atoms with E-state index < -0.39 is 0 Å². The number of benzene rings is 1. The molecular weight excluding hydrogens is 392 g/mol. The molecule has 2 aromatic rings. The molecule has 1 saturated heterocycles. The highest BCUT2D eigenvalue weighted by molar-refractivity contribution is 7.98. The maximum Gasteiger partial charge on any atom is 0.256 e. The minimum absolute atomic E-state index is 0.0581. The molecule has 2 aliphatic rings. The summed E-state index contributed by atoms with van der Waals surface area (Å²) in [6.07, 6.45) is 2.09. The molecule has 0 saturated carbocycles. The molecule has 1 atom stereocenters. The molecule has 0 spiro atoms. The van der Waals surface area contributed by atoms with Crippen molar-refractivity contribution in [2.24, 2.45) is 0 Å². The SMILES string of the molecule is COc1ccc(C(=O)Nc2c3c(nn2CC(=O)NCC2CCCO2)CSC3)cc1. The van der Waals surface area contributed by atoms with Crippen molar-refractivity contribution in [3.05, 3.63) is 41.1 Å². The molecule has 4 rings (SSSR count). The molecule has 3 heterocycles. The molecule has 8 nitrogen and oxygen atoms in total. The number of rotatable bonds is 7. The minimum Gasteiger partial charge on any atom is -0.497 e. The molecule has 2 N–H and O–H groups in total. The topological polar surface area (TPSA) is 94.5 Å². The summed E-state index contributed by atoms with van der Waals surface area (Å²) >= 11 is 1.75. The predicted octanol–water partition coefficient (Wildman–Crippen LogP) is 2.19. The summed E-state index contributed by atoms with van der Waals surface area (Å²) in [5, 5.41) is 10.4. The lowest BCUT2D eigenvalue weighted by Gasteiger charge is -2.13. The Kier molecular flexibility index (Phi) is 6.05. The van der Waals surface area contributed by atoms with Crippen LogP contribution in [0.4, 0.5) is 5.82 Å². The van der Waals surface area contributed by atoms with Crippen molar-refractivity contribution >= 4 is 29.4 Å². The summed E-state index contributed by atoms with van der Waals surface area (Å²) in [6, 6.07) is 6.90. The predicted molar refractivity (Wildman–Crippen MR) is 110 cm³/mol. The van der Waals surface area contributed by atoms with E-state index in [4.69, 9.17) is 9.47 Å². The number of fused-ring (bicyclic) bond motifs is 1. The van der Waals surface area contributed by atoms with Gasteiger partial charge in [-0.2, -0.15) is 16.9 Å². The molecule has 2 aliphatic heterocycles. The Morgan fingerprint density at radius 3 is 2.86 bits per heavy atom. The van der Waals surface area contributed by atoms with E-state index in [2.05, 4.69) is 15.7 Å². The molecule has 9 heteroatoms. The van der Waals surface area contributed by atoms with E-state index in [0.29, 0.717) is 23.7 Å². The molecule has 2 amide bonds. The van der Waals surface area contributed by atoms with Gasteiger partial charge < -0.3 is 20.1 Å². The summed E-state index contributed by atoms with van der Waals surface area (Å²) in [5.74, 6) is 2.45. The van der Waals surface area contributed by atoms with E-state index in [1.54, 1.807) is 47.8 Å². The molecular formula is C20H24N4O4S. The number of anilines is 1. The van der Waals surface area contributed by atoms with Gasteiger partial charge in [-0.1, -0.05) is 0 Å². The zero-order valence-corrected chi connectivity index (χ0v) is 17.1. The first-order chi connectivity index (χ1) is 14.1. The van der Waals surface area contributed by atoms with E-state index in [1.165, 1.54) is 0 Å². The van der Waals surface area contributed by atoms with Gasteiger partial charge in [-0.3, -0.25) is 9.59 Å². The van der Waals surface area contributed by atoms with Gasteiger partial charge in [0.25, 0.3) is 5.91 Å². The number of hydrogen-bond acceptors (Lipinski definition) is 6. The van der Waals surface area contributed by atoms with Crippen LogP contribution in [0.1, 0.15) is 34.5 Å². The van der Waals surface area contributed by atoms with Gasteiger partial charge in [-0.25, -0.2) is 4.68 Å². The van der Waals surface area contributed by atoms with E-state index in [0.717, 1.165) is 42.2 Å². The molecule has 0 aliphatic carbocycles. The van der Waals surface area contributed by atoms with Gasteiger partial charge in [-0.05, 0) is 37.1 Å². The van der Waals surface area contributed by atoms with E-state index in [1.807, 2.05) is 0 Å². The molecule has 1 aromatic heterocycles. The maximum atomic E-state index is 12.7. The van der Waals surface area contributed by atoms with Gasteiger partial charge in [0, 0.05) is 35.8 Å². The fraction of sp³-hybridized carbons (Fsp3) is 0.450. The average molecular weight is 417 g/mol. The third-order valence-corrected chi connectivity index (χ3v) is 6.02. The Bertz CT molecular complexity index is 891. The second-order valence-electron chi connectivity index (χ2n) is 7.05. The number of nitrogens with one attached hydrogen (secondary N) is 2. The molecule has 0 radical (unpaired) electrons. The molecule has 0 bridgehead atoms.